The summed E-state index contributed by atoms with van der Waals surface area (Å²) in [4.78, 5) is 37.4. The Bertz CT molecular complexity index is 1210. The fourth-order valence-electron chi connectivity index (χ4n) is 4.50. The van der Waals surface area contributed by atoms with Crippen LogP contribution in [-0.4, -0.2) is 52.1 Å². The molecule has 0 aliphatic carbocycles. The summed E-state index contributed by atoms with van der Waals surface area (Å²) in [7, 11) is 0. The van der Waals surface area contributed by atoms with E-state index in [4.69, 9.17) is 4.74 Å². The second-order valence-corrected chi connectivity index (χ2v) is 8.54. The minimum absolute atomic E-state index is 0.0824. The summed E-state index contributed by atoms with van der Waals surface area (Å²) in [5, 5.41) is 3.10. The summed E-state index contributed by atoms with van der Waals surface area (Å²) in [6.07, 6.45) is 4.66. The molecule has 2 aromatic carbocycles. The van der Waals surface area contributed by atoms with Gasteiger partial charge in [0.25, 0.3) is 5.91 Å². The molecule has 2 amide bonds. The Morgan fingerprint density at radius 3 is 2.68 bits per heavy atom. The number of benzene rings is 2. The van der Waals surface area contributed by atoms with Gasteiger partial charge in [-0.1, -0.05) is 12.1 Å². The highest BCUT2D eigenvalue weighted by Gasteiger charge is 2.46. The number of nitrogens with zero attached hydrogens (tertiary/aromatic N) is 4. The molecule has 34 heavy (non-hydrogen) atoms. The number of likely N-dealkylation sites (tertiary alicyclic amines) is 1. The number of ether oxygens (including phenoxy) is 1. The Balaban J connectivity index is 1.27. The molecule has 0 radical (unpaired) electrons. The van der Waals surface area contributed by atoms with Crippen molar-refractivity contribution in [3.05, 3.63) is 78.4 Å². The van der Waals surface area contributed by atoms with E-state index in [9.17, 15) is 14.0 Å². The summed E-state index contributed by atoms with van der Waals surface area (Å²) >= 11 is 0. The van der Waals surface area contributed by atoms with Crippen molar-refractivity contribution in [2.75, 3.05) is 29.9 Å². The zero-order valence-electron chi connectivity index (χ0n) is 18.5. The number of aromatic nitrogens is 2. The number of nitrogens with one attached hydrogen (secondary N) is 1. The Morgan fingerprint density at radius 2 is 1.85 bits per heavy atom. The molecule has 0 unspecified atom stereocenters. The number of carbonyl (C=O) groups is 2. The lowest BCUT2D eigenvalue weighted by molar-refractivity contribution is 0.0438. The van der Waals surface area contributed by atoms with Crippen molar-refractivity contribution in [1.82, 2.24) is 14.9 Å². The van der Waals surface area contributed by atoms with Crippen LogP contribution in [-0.2, 0) is 4.74 Å². The topological polar surface area (TPSA) is 87.7 Å². The smallest absolute Gasteiger partial charge is 0.415 e. The molecule has 1 spiro atoms. The van der Waals surface area contributed by atoms with Gasteiger partial charge in [-0.2, -0.15) is 0 Å². The first-order valence-corrected chi connectivity index (χ1v) is 11.2. The molecule has 2 aliphatic heterocycles. The van der Waals surface area contributed by atoms with Crippen molar-refractivity contribution in [2.24, 2.45) is 0 Å². The van der Waals surface area contributed by atoms with E-state index in [2.05, 4.69) is 15.3 Å². The molecule has 9 heteroatoms. The first-order valence-electron chi connectivity index (χ1n) is 11.2. The van der Waals surface area contributed by atoms with Gasteiger partial charge in [0.05, 0.1) is 12.2 Å². The zero-order chi connectivity index (χ0) is 23.5. The largest absolute Gasteiger partial charge is 0.441 e. The number of amides is 2. The van der Waals surface area contributed by atoms with Crippen molar-refractivity contribution >= 4 is 29.3 Å². The first kappa shape index (κ1) is 21.8. The van der Waals surface area contributed by atoms with Crippen molar-refractivity contribution in [2.45, 2.75) is 24.9 Å². The molecule has 8 nitrogen and oxygen atoms in total. The third-order valence-corrected chi connectivity index (χ3v) is 6.21. The molecular weight excluding hydrogens is 437 g/mol. The third kappa shape index (κ3) is 4.54. The van der Waals surface area contributed by atoms with Gasteiger partial charge in [0, 0.05) is 43.2 Å². The van der Waals surface area contributed by atoms with Gasteiger partial charge in [0.2, 0.25) is 5.95 Å². The van der Waals surface area contributed by atoms with Crippen LogP contribution in [0.15, 0.2) is 67.0 Å². The number of hydrogen-bond donors (Lipinski definition) is 1. The molecular formula is C25H24FN5O3. The molecule has 2 aliphatic rings. The molecule has 1 aromatic heterocycles. The highest BCUT2D eigenvalue weighted by atomic mass is 19.1. The van der Waals surface area contributed by atoms with E-state index < -0.39 is 17.5 Å². The van der Waals surface area contributed by atoms with Crippen LogP contribution in [0.4, 0.5) is 26.5 Å². The standard InChI is InChI=1S/C25H24FN5O3/c26-19-6-2-8-21(16-19)31-17-25(34-24(31)33)9-3-13-30(14-10-25)22(32)18-5-1-7-20(15-18)29-23-27-11-4-12-28-23/h1-2,4-8,11-12,15-16H,3,9-10,13-14,17H2,(H,27,28,29)/t25-/m1/s1. The highest BCUT2D eigenvalue weighted by molar-refractivity contribution is 5.95. The summed E-state index contributed by atoms with van der Waals surface area (Å²) in [6, 6.07) is 14.9. The van der Waals surface area contributed by atoms with E-state index >= 15 is 0 Å². The Hall–Kier alpha value is -4.01. The average molecular weight is 461 g/mol. The maximum atomic E-state index is 13.7. The Kier molecular flexibility index (Phi) is 5.83. The van der Waals surface area contributed by atoms with Crippen molar-refractivity contribution in [3.63, 3.8) is 0 Å². The molecule has 0 bridgehead atoms. The van der Waals surface area contributed by atoms with Gasteiger partial charge in [-0.15, -0.1) is 0 Å². The predicted molar refractivity (Wildman–Crippen MR) is 124 cm³/mol. The maximum absolute atomic E-state index is 13.7. The van der Waals surface area contributed by atoms with Crippen LogP contribution in [0.1, 0.15) is 29.6 Å². The van der Waals surface area contributed by atoms with Gasteiger partial charge < -0.3 is 15.0 Å². The molecule has 1 N–H and O–H groups in total. The predicted octanol–water partition coefficient (Wildman–Crippen LogP) is 4.38. The second-order valence-electron chi connectivity index (χ2n) is 8.54. The van der Waals surface area contributed by atoms with E-state index in [1.54, 1.807) is 47.6 Å². The van der Waals surface area contributed by atoms with Gasteiger partial charge in [-0.25, -0.2) is 19.2 Å². The molecule has 0 saturated carbocycles. The molecule has 2 saturated heterocycles. The SMILES string of the molecule is O=C(c1cccc(Nc2ncccn2)c1)N1CCC[C@@]2(CC1)CN(c1cccc(F)c1)C(=O)O2. The highest BCUT2D eigenvalue weighted by Crippen LogP contribution is 2.36. The zero-order valence-corrected chi connectivity index (χ0v) is 18.5. The molecule has 1 atom stereocenters. The lowest BCUT2D eigenvalue weighted by atomic mass is 9.95. The molecule has 174 valence electrons. The number of hydrogen-bond acceptors (Lipinski definition) is 6. The Morgan fingerprint density at radius 1 is 1.03 bits per heavy atom. The number of carbonyl (C=O) groups excluding carboxylic acids is 2. The third-order valence-electron chi connectivity index (χ3n) is 6.21. The van der Waals surface area contributed by atoms with Crippen molar-refractivity contribution in [1.29, 1.82) is 0 Å². The minimum atomic E-state index is -0.688. The Labute approximate surface area is 196 Å². The average Bonchev–Trinajstić information content (AvgIpc) is 3.03. The van der Waals surface area contributed by atoms with Crippen LogP contribution >= 0.6 is 0 Å². The van der Waals surface area contributed by atoms with E-state index in [-0.39, 0.29) is 5.91 Å². The summed E-state index contributed by atoms with van der Waals surface area (Å²) in [6.45, 7) is 1.37. The molecule has 2 fully saturated rings. The molecule has 5 rings (SSSR count). The van der Waals surface area contributed by atoms with Crippen LogP contribution < -0.4 is 10.2 Å². The van der Waals surface area contributed by atoms with E-state index in [0.29, 0.717) is 56.1 Å². The summed E-state index contributed by atoms with van der Waals surface area (Å²) < 4.78 is 19.5. The summed E-state index contributed by atoms with van der Waals surface area (Å²) in [5.41, 5.74) is 1.07. The van der Waals surface area contributed by atoms with Gasteiger partial charge >= 0.3 is 6.09 Å². The monoisotopic (exact) mass is 461 g/mol. The van der Waals surface area contributed by atoms with Crippen molar-refractivity contribution in [3.8, 4) is 0 Å². The number of rotatable bonds is 4. The fourth-order valence-corrected chi connectivity index (χ4v) is 4.50. The van der Waals surface area contributed by atoms with Crippen LogP contribution in [0.3, 0.4) is 0 Å². The van der Waals surface area contributed by atoms with E-state index in [0.717, 1.165) is 5.69 Å². The summed E-state index contributed by atoms with van der Waals surface area (Å²) in [5.74, 6) is -0.0323. The molecule has 3 heterocycles. The molecule has 3 aromatic rings. The second kappa shape index (κ2) is 9.09. The quantitative estimate of drug-likeness (QED) is 0.620. The van der Waals surface area contributed by atoms with Gasteiger partial charge in [0.15, 0.2) is 0 Å². The van der Waals surface area contributed by atoms with Gasteiger partial charge in [-0.05, 0) is 55.3 Å². The normalized spacial score (nSPS) is 20.2. The maximum Gasteiger partial charge on any atom is 0.415 e. The van der Waals surface area contributed by atoms with Crippen LogP contribution in [0.5, 0.6) is 0 Å². The van der Waals surface area contributed by atoms with E-state index in [1.807, 2.05) is 12.1 Å². The van der Waals surface area contributed by atoms with Gasteiger partial charge in [0.1, 0.15) is 11.4 Å². The van der Waals surface area contributed by atoms with Crippen molar-refractivity contribution < 1.29 is 18.7 Å². The lowest BCUT2D eigenvalue weighted by Crippen LogP contribution is -2.37. The minimum Gasteiger partial charge on any atom is -0.441 e. The van der Waals surface area contributed by atoms with E-state index in [1.165, 1.54) is 17.0 Å². The number of anilines is 3. The fraction of sp³-hybridized carbons (Fsp3) is 0.280. The number of halogens is 1. The lowest BCUT2D eigenvalue weighted by Gasteiger charge is -2.25. The van der Waals surface area contributed by atoms with Crippen LogP contribution in [0, 0.1) is 5.82 Å². The van der Waals surface area contributed by atoms with Gasteiger partial charge in [-0.3, -0.25) is 9.69 Å². The van der Waals surface area contributed by atoms with Crippen LogP contribution in [0.25, 0.3) is 0 Å². The first-order chi connectivity index (χ1) is 16.5. The van der Waals surface area contributed by atoms with Crippen LogP contribution in [0.2, 0.25) is 0 Å².